The highest BCUT2D eigenvalue weighted by molar-refractivity contribution is 8.14. The van der Waals surface area contributed by atoms with Crippen molar-refractivity contribution in [1.29, 1.82) is 0 Å². The third kappa shape index (κ3) is 2.58. The number of hydrogen-bond donors (Lipinski definition) is 2. The first kappa shape index (κ1) is 8.06. The lowest BCUT2D eigenvalue weighted by molar-refractivity contribution is -0.133. The summed E-state index contributed by atoms with van der Waals surface area (Å²) in [5, 5.41) is 11.1. The zero-order chi connectivity index (χ0) is 8.27. The molecule has 0 saturated carbocycles. The molecule has 60 valence electrons. The molecular formula is C5H6N2O3S. The average Bonchev–Trinajstić information content (AvgIpc) is 2.31. The molecule has 0 unspecified atom stereocenters. The molecule has 1 amide bonds. The number of nitrogens with zero attached hydrogens (tertiary/aromatic N) is 1. The van der Waals surface area contributed by atoms with Gasteiger partial charge in [0.2, 0.25) is 5.91 Å². The summed E-state index contributed by atoms with van der Waals surface area (Å²) < 4.78 is 0. The third-order valence-corrected chi connectivity index (χ3v) is 1.84. The van der Waals surface area contributed by atoms with Gasteiger partial charge in [-0.25, -0.2) is 0 Å². The molecule has 1 rings (SSSR count). The molecule has 2 N–H and O–H groups in total. The Kier molecular flexibility index (Phi) is 2.48. The fourth-order valence-corrected chi connectivity index (χ4v) is 1.16. The van der Waals surface area contributed by atoms with Gasteiger partial charge >= 0.3 is 5.97 Å². The highest BCUT2D eigenvalue weighted by atomic mass is 32.2. The van der Waals surface area contributed by atoms with Crippen molar-refractivity contribution in [3.8, 4) is 0 Å². The van der Waals surface area contributed by atoms with Gasteiger partial charge in [-0.05, 0) is 0 Å². The first-order valence-corrected chi connectivity index (χ1v) is 3.86. The second-order valence-electron chi connectivity index (χ2n) is 1.85. The van der Waals surface area contributed by atoms with Gasteiger partial charge in [0.1, 0.15) is 6.54 Å². The average molecular weight is 174 g/mol. The highest BCUT2D eigenvalue weighted by Crippen LogP contribution is 2.04. The summed E-state index contributed by atoms with van der Waals surface area (Å²) in [6.07, 6.45) is 0. The van der Waals surface area contributed by atoms with Gasteiger partial charge in [0.05, 0.1) is 5.75 Å². The molecule has 0 aliphatic carbocycles. The van der Waals surface area contributed by atoms with Crippen molar-refractivity contribution in [3.63, 3.8) is 0 Å². The van der Waals surface area contributed by atoms with Crippen LogP contribution < -0.4 is 5.32 Å². The summed E-state index contributed by atoms with van der Waals surface area (Å²) >= 11 is 1.01. The summed E-state index contributed by atoms with van der Waals surface area (Å²) in [4.78, 5) is 24.3. The summed E-state index contributed by atoms with van der Waals surface area (Å²) in [6, 6.07) is 0. The van der Waals surface area contributed by atoms with Crippen LogP contribution in [0.3, 0.4) is 0 Å². The van der Waals surface area contributed by atoms with Crippen molar-refractivity contribution < 1.29 is 14.7 Å². The number of carbonyl (C=O) groups is 2. The van der Waals surface area contributed by atoms with E-state index in [2.05, 4.69) is 10.3 Å². The predicted molar refractivity (Wildman–Crippen MR) is 40.5 cm³/mol. The largest absolute Gasteiger partial charge is 0.481 e. The van der Waals surface area contributed by atoms with E-state index >= 15 is 0 Å². The molecule has 0 fully saturated rings. The molecule has 0 bridgehead atoms. The Morgan fingerprint density at radius 3 is 3.00 bits per heavy atom. The van der Waals surface area contributed by atoms with Gasteiger partial charge in [0.15, 0.2) is 5.17 Å². The number of aliphatic imine (C=N–C) groups is 1. The van der Waals surface area contributed by atoms with Gasteiger partial charge in [-0.3, -0.25) is 14.6 Å². The van der Waals surface area contributed by atoms with Crippen LogP contribution in [0, 0.1) is 0 Å². The minimum absolute atomic E-state index is 0.0703. The molecule has 0 aromatic heterocycles. The number of rotatable bonds is 2. The van der Waals surface area contributed by atoms with Gasteiger partial charge in [0, 0.05) is 0 Å². The van der Waals surface area contributed by atoms with Crippen molar-refractivity contribution in [2.45, 2.75) is 0 Å². The number of hydrogen-bond acceptors (Lipinski definition) is 4. The maximum absolute atomic E-state index is 10.5. The van der Waals surface area contributed by atoms with Gasteiger partial charge in [0.25, 0.3) is 0 Å². The fourth-order valence-electron chi connectivity index (χ4n) is 0.554. The Bertz CT molecular complexity index is 226. The van der Waals surface area contributed by atoms with Crippen LogP contribution in [0.5, 0.6) is 0 Å². The molecule has 0 aromatic carbocycles. The minimum atomic E-state index is -0.918. The lowest BCUT2D eigenvalue weighted by Crippen LogP contribution is -2.23. The van der Waals surface area contributed by atoms with E-state index < -0.39 is 5.97 Å². The summed E-state index contributed by atoms with van der Waals surface area (Å²) in [7, 11) is 0. The van der Waals surface area contributed by atoms with Crippen LogP contribution >= 0.6 is 11.8 Å². The van der Waals surface area contributed by atoms with E-state index in [1.165, 1.54) is 0 Å². The lowest BCUT2D eigenvalue weighted by atomic mass is 10.7. The van der Waals surface area contributed by atoms with Gasteiger partial charge in [-0.15, -0.1) is 0 Å². The minimum Gasteiger partial charge on any atom is -0.481 e. The van der Waals surface area contributed by atoms with Crippen LogP contribution in [0.1, 0.15) is 0 Å². The monoisotopic (exact) mass is 174 g/mol. The number of amidine groups is 1. The third-order valence-electron chi connectivity index (χ3n) is 0.945. The number of carboxylic acid groups (broad SMARTS) is 1. The SMILES string of the molecule is O=C(O)CSC1=NCC(=O)N1. The molecule has 1 heterocycles. The summed E-state index contributed by atoms with van der Waals surface area (Å²) in [5.41, 5.74) is 0. The number of carboxylic acids is 1. The van der Waals surface area contributed by atoms with Crippen molar-refractivity contribution in [1.82, 2.24) is 5.32 Å². The van der Waals surface area contributed by atoms with Crippen molar-refractivity contribution >= 4 is 28.8 Å². The Balaban J connectivity index is 2.28. The first-order chi connectivity index (χ1) is 5.18. The second kappa shape index (κ2) is 3.38. The van der Waals surface area contributed by atoms with E-state index in [0.29, 0.717) is 5.17 Å². The van der Waals surface area contributed by atoms with Gasteiger partial charge < -0.3 is 10.4 Å². The Morgan fingerprint density at radius 2 is 2.55 bits per heavy atom. The number of aliphatic carboxylic acids is 1. The van der Waals surface area contributed by atoms with E-state index in [-0.39, 0.29) is 18.2 Å². The molecule has 0 aromatic rings. The molecule has 1 aliphatic rings. The molecule has 1 aliphatic heterocycles. The zero-order valence-corrected chi connectivity index (χ0v) is 6.35. The number of thioether (sulfide) groups is 1. The normalized spacial score (nSPS) is 16.0. The van der Waals surface area contributed by atoms with Crippen LogP contribution in [0.2, 0.25) is 0 Å². The molecule has 0 saturated heterocycles. The molecular weight excluding hydrogens is 168 g/mol. The van der Waals surface area contributed by atoms with Crippen LogP contribution in [-0.2, 0) is 9.59 Å². The molecule has 0 radical (unpaired) electrons. The Hall–Kier alpha value is -1.04. The zero-order valence-electron chi connectivity index (χ0n) is 5.53. The van der Waals surface area contributed by atoms with E-state index in [0.717, 1.165) is 11.8 Å². The summed E-state index contributed by atoms with van der Waals surface area (Å²) in [6.45, 7) is 0.113. The van der Waals surface area contributed by atoms with Crippen molar-refractivity contribution in [3.05, 3.63) is 0 Å². The van der Waals surface area contributed by atoms with Gasteiger partial charge in [-0.2, -0.15) is 0 Å². The standard InChI is InChI=1S/C5H6N2O3S/c8-3-1-6-5(7-3)11-2-4(9)10/h1-2H2,(H,9,10)(H,6,7,8). The predicted octanol–water partition coefficient (Wildman–Crippen LogP) is -0.710. The second-order valence-corrected chi connectivity index (χ2v) is 2.82. The van der Waals surface area contributed by atoms with Crippen LogP contribution in [0.15, 0.2) is 4.99 Å². The van der Waals surface area contributed by atoms with E-state index in [1.807, 2.05) is 0 Å². The Labute approximate surface area is 66.9 Å². The summed E-state index contributed by atoms with van der Waals surface area (Å²) in [5.74, 6) is -1.17. The van der Waals surface area contributed by atoms with Crippen molar-refractivity contribution in [2.24, 2.45) is 4.99 Å². The van der Waals surface area contributed by atoms with Crippen LogP contribution in [0.4, 0.5) is 0 Å². The molecule has 0 atom stereocenters. The maximum Gasteiger partial charge on any atom is 0.313 e. The van der Waals surface area contributed by atoms with Crippen LogP contribution in [-0.4, -0.2) is 34.4 Å². The molecule has 5 nitrogen and oxygen atoms in total. The molecule has 11 heavy (non-hydrogen) atoms. The Morgan fingerprint density at radius 1 is 1.82 bits per heavy atom. The topological polar surface area (TPSA) is 78.8 Å². The number of nitrogens with one attached hydrogen (secondary N) is 1. The first-order valence-electron chi connectivity index (χ1n) is 2.87. The number of amides is 1. The smallest absolute Gasteiger partial charge is 0.313 e. The molecule has 0 spiro atoms. The van der Waals surface area contributed by atoms with E-state index in [4.69, 9.17) is 5.11 Å². The number of carbonyl (C=O) groups excluding carboxylic acids is 1. The lowest BCUT2D eigenvalue weighted by Gasteiger charge is -1.95. The van der Waals surface area contributed by atoms with Crippen molar-refractivity contribution in [2.75, 3.05) is 12.3 Å². The quantitative estimate of drug-likeness (QED) is 0.579. The van der Waals surface area contributed by atoms with Gasteiger partial charge in [-0.1, -0.05) is 11.8 Å². The molecule has 6 heteroatoms. The van der Waals surface area contributed by atoms with Crippen LogP contribution in [0.25, 0.3) is 0 Å². The fraction of sp³-hybridized carbons (Fsp3) is 0.400. The maximum atomic E-state index is 10.5. The van der Waals surface area contributed by atoms with E-state index in [1.54, 1.807) is 0 Å². The highest BCUT2D eigenvalue weighted by Gasteiger charge is 2.14. The van der Waals surface area contributed by atoms with E-state index in [9.17, 15) is 9.59 Å².